The van der Waals surface area contributed by atoms with Crippen LogP contribution in [0.2, 0.25) is 0 Å². The molecule has 2 unspecified atom stereocenters. The molecular weight excluding hydrogens is 196 g/mol. The zero-order chi connectivity index (χ0) is 12.0. The highest BCUT2D eigenvalue weighted by Crippen LogP contribution is 2.17. The molecule has 1 fully saturated rings. The van der Waals surface area contributed by atoms with E-state index in [4.69, 9.17) is 0 Å². The maximum absolute atomic E-state index is 3.59. The second-order valence-electron chi connectivity index (χ2n) is 5.71. The van der Waals surface area contributed by atoms with Gasteiger partial charge in [0.1, 0.15) is 0 Å². The van der Waals surface area contributed by atoms with E-state index in [2.05, 4.69) is 37.9 Å². The number of hydrogen-bond acceptors (Lipinski definition) is 2. The number of rotatable bonds is 6. The fraction of sp³-hybridized carbons (Fsp3) is 1.00. The van der Waals surface area contributed by atoms with Gasteiger partial charge < -0.3 is 5.32 Å². The van der Waals surface area contributed by atoms with Crippen LogP contribution in [0.3, 0.4) is 0 Å². The summed E-state index contributed by atoms with van der Waals surface area (Å²) >= 11 is 0. The lowest BCUT2D eigenvalue weighted by molar-refractivity contribution is 0.136. The summed E-state index contributed by atoms with van der Waals surface area (Å²) in [5.41, 5.74) is 0. The van der Waals surface area contributed by atoms with Gasteiger partial charge in [0.25, 0.3) is 0 Å². The van der Waals surface area contributed by atoms with Crippen LogP contribution < -0.4 is 5.32 Å². The lowest BCUT2D eigenvalue weighted by Crippen LogP contribution is -2.48. The third kappa shape index (κ3) is 4.84. The Morgan fingerprint density at radius 1 is 1.25 bits per heavy atom. The van der Waals surface area contributed by atoms with Gasteiger partial charge >= 0.3 is 0 Å². The maximum atomic E-state index is 3.59. The molecule has 1 N–H and O–H groups in total. The molecule has 0 radical (unpaired) electrons. The predicted molar refractivity (Wildman–Crippen MR) is 71.8 cm³/mol. The minimum Gasteiger partial charge on any atom is -0.313 e. The van der Waals surface area contributed by atoms with Crippen LogP contribution in [0, 0.1) is 5.92 Å². The van der Waals surface area contributed by atoms with Gasteiger partial charge in [-0.2, -0.15) is 0 Å². The van der Waals surface area contributed by atoms with Gasteiger partial charge in [0.05, 0.1) is 0 Å². The molecule has 2 atom stereocenters. The van der Waals surface area contributed by atoms with Crippen LogP contribution in [0.25, 0.3) is 0 Å². The molecule has 1 rings (SSSR count). The molecule has 0 aromatic heterocycles. The molecule has 0 bridgehead atoms. The third-order valence-corrected chi connectivity index (χ3v) is 3.73. The molecule has 0 aromatic carbocycles. The summed E-state index contributed by atoms with van der Waals surface area (Å²) in [6.45, 7) is 12.9. The molecule has 0 spiro atoms. The number of piperidine rings is 1. The summed E-state index contributed by atoms with van der Waals surface area (Å²) < 4.78 is 0. The Labute approximate surface area is 102 Å². The molecule has 0 aliphatic carbocycles. The van der Waals surface area contributed by atoms with Crippen LogP contribution in [0.4, 0.5) is 0 Å². The molecule has 16 heavy (non-hydrogen) atoms. The molecule has 1 aliphatic heterocycles. The summed E-state index contributed by atoms with van der Waals surface area (Å²) in [7, 11) is 0. The van der Waals surface area contributed by atoms with E-state index < -0.39 is 0 Å². The number of hydrogen-bond donors (Lipinski definition) is 1. The number of nitrogens with zero attached hydrogens (tertiary/aromatic N) is 1. The van der Waals surface area contributed by atoms with E-state index in [1.165, 1.54) is 38.8 Å². The Kier molecular flexibility index (Phi) is 6.37. The SMILES string of the molecule is CCNC1CCCN(C(C)CCC(C)C)C1. The Morgan fingerprint density at radius 2 is 2.00 bits per heavy atom. The normalized spacial score (nSPS) is 24.9. The number of likely N-dealkylation sites (tertiary alicyclic amines) is 1. The van der Waals surface area contributed by atoms with Crippen molar-refractivity contribution in [2.75, 3.05) is 19.6 Å². The second kappa shape index (κ2) is 7.29. The maximum Gasteiger partial charge on any atom is 0.0195 e. The minimum atomic E-state index is 0.736. The summed E-state index contributed by atoms with van der Waals surface area (Å²) in [5, 5.41) is 3.59. The van der Waals surface area contributed by atoms with E-state index in [1.807, 2.05) is 0 Å². The van der Waals surface area contributed by atoms with Crippen molar-refractivity contribution in [1.29, 1.82) is 0 Å². The van der Waals surface area contributed by atoms with Crippen molar-refractivity contribution in [2.45, 2.75) is 65.5 Å². The predicted octanol–water partition coefficient (Wildman–Crippen LogP) is 2.89. The van der Waals surface area contributed by atoms with Gasteiger partial charge in [-0.25, -0.2) is 0 Å². The van der Waals surface area contributed by atoms with Gasteiger partial charge in [-0.05, 0) is 51.6 Å². The third-order valence-electron chi connectivity index (χ3n) is 3.73. The van der Waals surface area contributed by atoms with E-state index in [9.17, 15) is 0 Å². The number of nitrogens with one attached hydrogen (secondary N) is 1. The topological polar surface area (TPSA) is 15.3 Å². The fourth-order valence-corrected chi connectivity index (χ4v) is 2.62. The first-order valence-corrected chi connectivity index (χ1v) is 7.11. The lowest BCUT2D eigenvalue weighted by atomic mass is 9.99. The van der Waals surface area contributed by atoms with E-state index in [0.717, 1.165) is 24.5 Å². The van der Waals surface area contributed by atoms with Crippen LogP contribution >= 0.6 is 0 Å². The monoisotopic (exact) mass is 226 g/mol. The van der Waals surface area contributed by atoms with Crippen molar-refractivity contribution in [3.63, 3.8) is 0 Å². The molecule has 1 heterocycles. The van der Waals surface area contributed by atoms with Crippen LogP contribution in [0.15, 0.2) is 0 Å². The highest BCUT2D eigenvalue weighted by molar-refractivity contribution is 4.80. The molecule has 2 nitrogen and oxygen atoms in total. The zero-order valence-corrected chi connectivity index (χ0v) is 11.6. The summed E-state index contributed by atoms with van der Waals surface area (Å²) in [4.78, 5) is 2.68. The first kappa shape index (κ1) is 14.0. The molecular formula is C14H30N2. The van der Waals surface area contributed by atoms with Gasteiger partial charge in [-0.15, -0.1) is 0 Å². The highest BCUT2D eigenvalue weighted by Gasteiger charge is 2.22. The van der Waals surface area contributed by atoms with E-state index in [-0.39, 0.29) is 0 Å². The Bertz CT molecular complexity index is 178. The standard InChI is InChI=1S/C14H30N2/c1-5-15-14-7-6-10-16(11-14)13(4)9-8-12(2)3/h12-15H,5-11H2,1-4H3. The van der Waals surface area contributed by atoms with Gasteiger partial charge in [0.2, 0.25) is 0 Å². The van der Waals surface area contributed by atoms with E-state index in [0.29, 0.717) is 0 Å². The summed E-state index contributed by atoms with van der Waals surface area (Å²) in [6, 6.07) is 1.50. The molecule has 0 amide bonds. The first-order valence-electron chi connectivity index (χ1n) is 7.11. The van der Waals surface area contributed by atoms with Crippen molar-refractivity contribution in [3.8, 4) is 0 Å². The van der Waals surface area contributed by atoms with Crippen LogP contribution in [-0.2, 0) is 0 Å². The molecule has 0 aromatic rings. The zero-order valence-electron chi connectivity index (χ0n) is 11.6. The van der Waals surface area contributed by atoms with Gasteiger partial charge in [0, 0.05) is 18.6 Å². The van der Waals surface area contributed by atoms with Crippen molar-refractivity contribution >= 4 is 0 Å². The Morgan fingerprint density at radius 3 is 2.62 bits per heavy atom. The largest absolute Gasteiger partial charge is 0.313 e. The number of likely N-dealkylation sites (N-methyl/N-ethyl adjacent to an activating group) is 1. The average Bonchev–Trinajstić information content (AvgIpc) is 2.26. The average molecular weight is 226 g/mol. The quantitative estimate of drug-likeness (QED) is 0.749. The van der Waals surface area contributed by atoms with Gasteiger partial charge in [0.15, 0.2) is 0 Å². The van der Waals surface area contributed by atoms with Crippen LogP contribution in [0.5, 0.6) is 0 Å². The van der Waals surface area contributed by atoms with Crippen molar-refractivity contribution in [3.05, 3.63) is 0 Å². The second-order valence-corrected chi connectivity index (χ2v) is 5.71. The summed E-state index contributed by atoms with van der Waals surface area (Å²) in [5.74, 6) is 0.844. The first-order chi connectivity index (χ1) is 7.63. The van der Waals surface area contributed by atoms with E-state index in [1.54, 1.807) is 0 Å². The van der Waals surface area contributed by atoms with Gasteiger partial charge in [-0.3, -0.25) is 4.90 Å². The van der Waals surface area contributed by atoms with Gasteiger partial charge in [-0.1, -0.05) is 20.8 Å². The van der Waals surface area contributed by atoms with Crippen LogP contribution in [0.1, 0.15) is 53.4 Å². The Hall–Kier alpha value is -0.0800. The van der Waals surface area contributed by atoms with Crippen molar-refractivity contribution < 1.29 is 0 Å². The lowest BCUT2D eigenvalue weighted by Gasteiger charge is -2.37. The molecule has 2 heteroatoms. The van der Waals surface area contributed by atoms with Crippen molar-refractivity contribution in [2.24, 2.45) is 5.92 Å². The smallest absolute Gasteiger partial charge is 0.0195 e. The molecule has 96 valence electrons. The van der Waals surface area contributed by atoms with Crippen LogP contribution in [-0.4, -0.2) is 36.6 Å². The minimum absolute atomic E-state index is 0.736. The molecule has 1 aliphatic rings. The molecule has 0 saturated carbocycles. The summed E-state index contributed by atoms with van der Waals surface area (Å²) in [6.07, 6.45) is 5.45. The molecule has 1 saturated heterocycles. The fourth-order valence-electron chi connectivity index (χ4n) is 2.62. The van der Waals surface area contributed by atoms with Crippen molar-refractivity contribution in [1.82, 2.24) is 10.2 Å². The Balaban J connectivity index is 2.28. The highest BCUT2D eigenvalue weighted by atomic mass is 15.2. The van der Waals surface area contributed by atoms with E-state index >= 15 is 0 Å².